The van der Waals surface area contributed by atoms with Gasteiger partial charge in [-0.25, -0.2) is 13.2 Å². The number of sulfonamides is 1. The molecule has 4 aliphatic rings. The van der Waals surface area contributed by atoms with Crippen molar-refractivity contribution in [3.05, 3.63) is 36.4 Å². The van der Waals surface area contributed by atoms with Gasteiger partial charge in [0.1, 0.15) is 40.9 Å². The number of pyridine rings is 1. The molecule has 16 nitrogen and oxygen atoms in total. The molecule has 54 heavy (non-hydrogen) atoms. The van der Waals surface area contributed by atoms with Gasteiger partial charge in [-0.1, -0.05) is 12.2 Å². The van der Waals surface area contributed by atoms with Crippen LogP contribution >= 0.6 is 0 Å². The smallest absolute Gasteiger partial charge is 0.408 e. The molecule has 5 atom stereocenters. The summed E-state index contributed by atoms with van der Waals surface area (Å²) in [6.07, 6.45) is 3.71. The second-order valence-corrected chi connectivity index (χ2v) is 17.5. The Bertz CT molecular complexity index is 1930. The number of fused-ring (bicyclic) bond motifs is 3. The number of nitrogens with one attached hydrogen (secondary N) is 3. The Morgan fingerprint density at radius 3 is 2.56 bits per heavy atom. The average molecular weight is 771 g/mol. The summed E-state index contributed by atoms with van der Waals surface area (Å²) in [5, 5.41) is 6.36. The van der Waals surface area contributed by atoms with Gasteiger partial charge in [0.25, 0.3) is 5.91 Å². The SMILES string of the molecule is COc1ccc2c(OC3C[C@H]4C(=O)N[C@]5(C(=O)NS(=O)(=O)C6CC6)CC5/C=C\CCOCC[C@H](NC(=O)OC(C)(C)C)C(=O)N4C3)nc(N(C)C)cc2c1. The first-order valence-corrected chi connectivity index (χ1v) is 19.8. The topological polar surface area (TPSA) is 195 Å². The highest BCUT2D eigenvalue weighted by Gasteiger charge is 2.62. The molecular weight excluding hydrogens is 721 g/mol. The van der Waals surface area contributed by atoms with Crippen molar-refractivity contribution in [3.63, 3.8) is 0 Å². The first-order chi connectivity index (χ1) is 25.5. The molecule has 2 aromatic rings. The number of methoxy groups -OCH3 is 1. The second-order valence-electron chi connectivity index (χ2n) is 15.5. The number of carbonyl (C=O) groups excluding carboxylic acids is 4. The number of carbonyl (C=O) groups is 4. The molecule has 2 unspecified atom stereocenters. The second kappa shape index (κ2) is 15.2. The molecule has 3 N–H and O–H groups in total. The summed E-state index contributed by atoms with van der Waals surface area (Å²) < 4.78 is 51.1. The fraction of sp³-hybridized carbons (Fsp3) is 0.595. The summed E-state index contributed by atoms with van der Waals surface area (Å²) in [6, 6.07) is 5.06. The van der Waals surface area contributed by atoms with Crippen LogP contribution in [0.1, 0.15) is 59.3 Å². The lowest BCUT2D eigenvalue weighted by Gasteiger charge is -2.30. The minimum atomic E-state index is -3.91. The van der Waals surface area contributed by atoms with Crippen LogP contribution in [0.25, 0.3) is 10.8 Å². The molecule has 0 radical (unpaired) electrons. The predicted octanol–water partition coefficient (Wildman–Crippen LogP) is 2.40. The molecule has 2 aliphatic carbocycles. The van der Waals surface area contributed by atoms with Crippen LogP contribution in [0.4, 0.5) is 10.6 Å². The molecule has 0 bridgehead atoms. The first kappa shape index (κ1) is 39.1. The molecule has 4 amide bonds. The lowest BCUT2D eigenvalue weighted by molar-refractivity contribution is -0.141. The minimum Gasteiger partial charge on any atom is -0.497 e. The van der Waals surface area contributed by atoms with Gasteiger partial charge in [-0.2, -0.15) is 4.98 Å². The Hall–Kier alpha value is -4.64. The number of rotatable bonds is 8. The van der Waals surface area contributed by atoms with Crippen molar-refractivity contribution in [2.45, 2.75) is 93.9 Å². The molecule has 1 saturated heterocycles. The summed E-state index contributed by atoms with van der Waals surface area (Å²) in [4.78, 5) is 63.4. The largest absolute Gasteiger partial charge is 0.497 e. The van der Waals surface area contributed by atoms with Crippen LogP contribution in [0.5, 0.6) is 11.6 Å². The van der Waals surface area contributed by atoms with Gasteiger partial charge in [0.2, 0.25) is 27.7 Å². The van der Waals surface area contributed by atoms with Crippen LogP contribution in [0, 0.1) is 5.92 Å². The first-order valence-electron chi connectivity index (χ1n) is 18.2. The third kappa shape index (κ3) is 8.83. The van der Waals surface area contributed by atoms with Crippen LogP contribution in [0.2, 0.25) is 0 Å². The molecule has 0 spiro atoms. The third-order valence-corrected chi connectivity index (χ3v) is 11.7. The van der Waals surface area contributed by atoms with Gasteiger partial charge < -0.3 is 39.4 Å². The molecule has 2 aliphatic heterocycles. The Kier molecular flexibility index (Phi) is 11.0. The number of nitrogens with zero attached hydrogens (tertiary/aromatic N) is 3. The van der Waals surface area contributed by atoms with E-state index in [4.69, 9.17) is 23.9 Å². The van der Waals surface area contributed by atoms with Gasteiger partial charge in [0, 0.05) is 44.8 Å². The Morgan fingerprint density at radius 1 is 1.11 bits per heavy atom. The third-order valence-electron chi connectivity index (χ3n) is 9.88. The van der Waals surface area contributed by atoms with E-state index < -0.39 is 74.3 Å². The van der Waals surface area contributed by atoms with E-state index >= 15 is 0 Å². The molecule has 294 valence electrons. The summed E-state index contributed by atoms with van der Waals surface area (Å²) in [5.41, 5.74) is -2.39. The lowest BCUT2D eigenvalue weighted by Crippen LogP contribution is -2.58. The fourth-order valence-corrected chi connectivity index (χ4v) is 8.12. The quantitative estimate of drug-likeness (QED) is 0.333. The summed E-state index contributed by atoms with van der Waals surface area (Å²) >= 11 is 0. The zero-order valence-corrected chi connectivity index (χ0v) is 32.4. The van der Waals surface area contributed by atoms with Crippen molar-refractivity contribution in [2.24, 2.45) is 5.92 Å². The molecular formula is C37H50N6O10S. The number of benzene rings is 1. The van der Waals surface area contributed by atoms with E-state index in [2.05, 4.69) is 15.4 Å². The summed E-state index contributed by atoms with van der Waals surface area (Å²) in [5.74, 6) is -1.01. The maximum absolute atomic E-state index is 14.5. The molecule has 1 aromatic heterocycles. The normalized spacial score (nSPS) is 27.0. The molecule has 17 heteroatoms. The highest BCUT2D eigenvalue weighted by atomic mass is 32.2. The van der Waals surface area contributed by atoms with Crippen LogP contribution in [-0.4, -0.2) is 118 Å². The van der Waals surface area contributed by atoms with Crippen molar-refractivity contribution < 1.29 is 46.5 Å². The fourth-order valence-electron chi connectivity index (χ4n) is 6.76. The molecule has 2 saturated carbocycles. The maximum atomic E-state index is 14.5. The number of amides is 4. The van der Waals surface area contributed by atoms with E-state index in [9.17, 15) is 27.6 Å². The van der Waals surface area contributed by atoms with E-state index in [-0.39, 0.29) is 38.3 Å². The van der Waals surface area contributed by atoms with Crippen LogP contribution in [0.3, 0.4) is 0 Å². The van der Waals surface area contributed by atoms with E-state index in [0.717, 1.165) is 5.39 Å². The van der Waals surface area contributed by atoms with E-state index in [1.54, 1.807) is 40.0 Å². The van der Waals surface area contributed by atoms with Gasteiger partial charge in [0.05, 0.1) is 25.5 Å². The number of ether oxygens (including phenoxy) is 4. The Labute approximate surface area is 315 Å². The van der Waals surface area contributed by atoms with E-state index in [0.29, 0.717) is 42.8 Å². The summed E-state index contributed by atoms with van der Waals surface area (Å²) in [7, 11) is 1.35. The minimum absolute atomic E-state index is 0.0112. The predicted molar refractivity (Wildman–Crippen MR) is 199 cm³/mol. The highest BCUT2D eigenvalue weighted by molar-refractivity contribution is 7.91. The average Bonchev–Trinajstić information content (AvgIpc) is 4.02. The van der Waals surface area contributed by atoms with Gasteiger partial charge in [0.15, 0.2) is 0 Å². The number of hydrogen-bond donors (Lipinski definition) is 3. The van der Waals surface area contributed by atoms with Gasteiger partial charge >= 0.3 is 6.09 Å². The van der Waals surface area contributed by atoms with Crippen molar-refractivity contribution in [1.29, 1.82) is 0 Å². The summed E-state index contributed by atoms with van der Waals surface area (Å²) in [6.45, 7) is 5.47. The Morgan fingerprint density at radius 2 is 1.87 bits per heavy atom. The molecule has 3 heterocycles. The zero-order chi connectivity index (χ0) is 39.0. The number of alkyl carbamates (subject to hydrolysis) is 1. The number of hydrogen-bond acceptors (Lipinski definition) is 12. The lowest BCUT2D eigenvalue weighted by atomic mass is 10.1. The van der Waals surface area contributed by atoms with Gasteiger partial charge in [-0.05, 0) is 76.1 Å². The van der Waals surface area contributed by atoms with Gasteiger partial charge in [-0.3, -0.25) is 19.1 Å². The van der Waals surface area contributed by atoms with E-state index in [1.165, 1.54) is 4.90 Å². The number of anilines is 1. The van der Waals surface area contributed by atoms with Crippen molar-refractivity contribution in [1.82, 2.24) is 25.2 Å². The van der Waals surface area contributed by atoms with Gasteiger partial charge in [-0.15, -0.1) is 0 Å². The number of aromatic nitrogens is 1. The van der Waals surface area contributed by atoms with E-state index in [1.807, 2.05) is 43.3 Å². The zero-order valence-electron chi connectivity index (χ0n) is 31.5. The van der Waals surface area contributed by atoms with Crippen LogP contribution < -0.4 is 29.7 Å². The Balaban J connectivity index is 1.34. The van der Waals surface area contributed by atoms with Crippen LogP contribution in [-0.2, 0) is 33.9 Å². The van der Waals surface area contributed by atoms with Crippen molar-refractivity contribution >= 4 is 50.4 Å². The van der Waals surface area contributed by atoms with Crippen molar-refractivity contribution in [3.8, 4) is 11.6 Å². The maximum Gasteiger partial charge on any atom is 0.408 e. The molecule has 3 fully saturated rings. The van der Waals surface area contributed by atoms with Crippen molar-refractivity contribution in [2.75, 3.05) is 45.9 Å². The monoisotopic (exact) mass is 770 g/mol. The van der Waals surface area contributed by atoms with Crippen LogP contribution in [0.15, 0.2) is 36.4 Å². The highest BCUT2D eigenvalue weighted by Crippen LogP contribution is 2.46. The molecule has 1 aromatic carbocycles. The molecule has 6 rings (SSSR count). The standard InChI is InChI=1S/C37H50N6O10S/c1-36(2,3)53-35(47)38-28-14-16-51-15-8-7-9-23-20-37(23,34(46)41-54(48,49)26-11-12-26)40-31(44)29-19-25(21-43(29)33(28)45)52-32-27-13-10-24(50-6)17-22(27)18-30(39-32)42(4)5/h7,9-10,13,17-18,23,25-26,28-29H,8,11-12,14-16,19-21H2,1-6H3,(H,38,47)(H,40,44)(H,41,46)/b9-7-/t23?,25?,28-,29-,37+/m0/s1.